The summed E-state index contributed by atoms with van der Waals surface area (Å²) in [6.45, 7) is 0. The number of fused-ring (bicyclic) bond motifs is 1. The minimum absolute atomic E-state index is 0.0489. The Hall–Kier alpha value is -0.590. The second kappa shape index (κ2) is 2.47. The maximum atomic E-state index is 4.19. The van der Waals surface area contributed by atoms with Gasteiger partial charge in [-0.15, -0.1) is 0 Å². The van der Waals surface area contributed by atoms with Gasteiger partial charge in [0.25, 0.3) is 0 Å². The van der Waals surface area contributed by atoms with Crippen molar-refractivity contribution in [3.05, 3.63) is 12.5 Å². The van der Waals surface area contributed by atoms with E-state index >= 15 is 0 Å². The average molecular weight is 263 g/mol. The summed E-state index contributed by atoms with van der Waals surface area (Å²) in [7, 11) is 4.15. The number of rotatable bonds is 0. The van der Waals surface area contributed by atoms with Crippen molar-refractivity contribution in [1.82, 2.24) is 9.97 Å². The molecule has 0 unspecified atom stereocenters. The van der Waals surface area contributed by atoms with Crippen molar-refractivity contribution in [3.63, 3.8) is 0 Å². The van der Waals surface area contributed by atoms with Crippen LogP contribution in [0, 0.1) is 0 Å². The molecule has 0 radical (unpaired) electrons. The molecule has 2 heterocycles. The average Bonchev–Trinajstić information content (AvgIpc) is 2.30. The number of hydrogen-bond donors (Lipinski definition) is 0. The predicted molar refractivity (Wildman–Crippen MR) is 38.8 cm³/mol. The summed E-state index contributed by atoms with van der Waals surface area (Å²) >= 11 is -0.0489. The van der Waals surface area contributed by atoms with E-state index in [0.717, 1.165) is 11.5 Å². The number of anilines is 2. The zero-order valence-corrected chi connectivity index (χ0v) is 8.48. The van der Waals surface area contributed by atoms with Gasteiger partial charge in [-0.2, -0.15) is 0 Å². The van der Waals surface area contributed by atoms with Crippen LogP contribution in [-0.4, -0.2) is 24.1 Å². The molecule has 0 amide bonds. The molecule has 1 aliphatic rings. The van der Waals surface area contributed by atoms with Crippen LogP contribution in [0.2, 0.25) is 0 Å². The van der Waals surface area contributed by atoms with E-state index in [1.165, 1.54) is 0 Å². The SMILES string of the molecule is CN1[I-]N(C)c2ncncc21. The first-order valence-electron chi connectivity index (χ1n) is 3.22. The van der Waals surface area contributed by atoms with Crippen molar-refractivity contribution in [3.8, 4) is 0 Å². The third-order valence-electron chi connectivity index (χ3n) is 1.52. The standard InChI is InChI=1S/C6H8IN4/c1-10-5-3-8-4-9-6(5)11(2)7-10/h3-4H,1-2H3/q-1. The van der Waals surface area contributed by atoms with Gasteiger partial charge >= 0.3 is 76.1 Å². The summed E-state index contributed by atoms with van der Waals surface area (Å²) in [5.74, 6) is 1.07. The van der Waals surface area contributed by atoms with E-state index in [0.29, 0.717) is 0 Å². The van der Waals surface area contributed by atoms with E-state index < -0.39 is 0 Å². The molecular formula is C6H8IN4-. The van der Waals surface area contributed by atoms with E-state index in [1.807, 2.05) is 6.20 Å². The first-order chi connectivity index (χ1) is 5.29. The maximum absolute atomic E-state index is 4.19. The van der Waals surface area contributed by atoms with Crippen molar-refractivity contribution in [1.29, 1.82) is 0 Å². The van der Waals surface area contributed by atoms with Crippen LogP contribution in [0.3, 0.4) is 0 Å². The van der Waals surface area contributed by atoms with Crippen LogP contribution in [0.15, 0.2) is 12.5 Å². The zero-order chi connectivity index (χ0) is 7.84. The second-order valence-corrected chi connectivity index (χ2v) is 5.59. The molecule has 60 valence electrons. The molecule has 11 heavy (non-hydrogen) atoms. The molecule has 4 nitrogen and oxygen atoms in total. The molecule has 0 bridgehead atoms. The Morgan fingerprint density at radius 1 is 1.36 bits per heavy atom. The molecule has 1 aromatic rings. The van der Waals surface area contributed by atoms with Crippen LogP contribution in [-0.2, 0) is 0 Å². The summed E-state index contributed by atoms with van der Waals surface area (Å²) in [5, 5.41) is 0. The van der Waals surface area contributed by atoms with E-state index in [2.05, 4.69) is 30.3 Å². The minimum atomic E-state index is -0.0489. The number of hydrogen-bond acceptors (Lipinski definition) is 4. The summed E-state index contributed by atoms with van der Waals surface area (Å²) in [4.78, 5) is 8.17. The fraction of sp³-hybridized carbons (Fsp3) is 0.333. The third kappa shape index (κ3) is 1.03. The Morgan fingerprint density at radius 3 is 2.91 bits per heavy atom. The molecule has 1 aromatic heterocycles. The van der Waals surface area contributed by atoms with Crippen LogP contribution in [0.5, 0.6) is 0 Å². The normalized spacial score (nSPS) is 16.2. The number of halogens is 1. The Morgan fingerprint density at radius 2 is 2.18 bits per heavy atom. The van der Waals surface area contributed by atoms with Crippen LogP contribution in [0.4, 0.5) is 11.5 Å². The summed E-state index contributed by atoms with van der Waals surface area (Å²) < 4.78 is 4.43. The Balaban J connectivity index is 2.52. The topological polar surface area (TPSA) is 32.3 Å². The van der Waals surface area contributed by atoms with E-state index in [9.17, 15) is 0 Å². The number of nitrogens with zero attached hydrogens (tertiary/aromatic N) is 4. The first kappa shape index (κ1) is 7.08. The van der Waals surface area contributed by atoms with Crippen LogP contribution >= 0.6 is 0 Å². The van der Waals surface area contributed by atoms with Crippen molar-refractivity contribution in [2.45, 2.75) is 0 Å². The van der Waals surface area contributed by atoms with Gasteiger partial charge in [0.15, 0.2) is 0 Å². The van der Waals surface area contributed by atoms with Gasteiger partial charge < -0.3 is 0 Å². The van der Waals surface area contributed by atoms with Crippen molar-refractivity contribution < 1.29 is 21.8 Å². The molecule has 0 saturated heterocycles. The van der Waals surface area contributed by atoms with E-state index in [4.69, 9.17) is 0 Å². The summed E-state index contributed by atoms with van der Waals surface area (Å²) in [5.41, 5.74) is 1.16. The van der Waals surface area contributed by atoms with Gasteiger partial charge in [-0.3, -0.25) is 0 Å². The van der Waals surface area contributed by atoms with Crippen LogP contribution in [0.1, 0.15) is 0 Å². The Kier molecular flexibility index (Phi) is 1.59. The van der Waals surface area contributed by atoms with Crippen LogP contribution in [0.25, 0.3) is 0 Å². The molecule has 0 fully saturated rings. The Bertz CT molecular complexity index is 250. The molecule has 0 N–H and O–H groups in total. The third-order valence-corrected chi connectivity index (χ3v) is 3.79. The van der Waals surface area contributed by atoms with Gasteiger partial charge in [0.2, 0.25) is 0 Å². The van der Waals surface area contributed by atoms with Crippen molar-refractivity contribution >= 4 is 11.5 Å². The van der Waals surface area contributed by atoms with Gasteiger partial charge in [0.05, 0.1) is 0 Å². The number of aromatic nitrogens is 2. The monoisotopic (exact) mass is 263 g/mol. The molecule has 1 aliphatic heterocycles. The Labute approximate surface area is 76.2 Å². The molecule has 0 aliphatic carbocycles. The van der Waals surface area contributed by atoms with Gasteiger partial charge in [-0.1, -0.05) is 0 Å². The zero-order valence-electron chi connectivity index (χ0n) is 6.32. The van der Waals surface area contributed by atoms with Gasteiger partial charge in [0, 0.05) is 0 Å². The van der Waals surface area contributed by atoms with Crippen LogP contribution < -0.4 is 28.0 Å². The molecule has 5 heteroatoms. The van der Waals surface area contributed by atoms with E-state index in [-0.39, 0.29) is 21.8 Å². The quantitative estimate of drug-likeness (QED) is 0.376. The van der Waals surface area contributed by atoms with Crippen molar-refractivity contribution in [2.75, 3.05) is 20.3 Å². The molecule has 0 atom stereocenters. The van der Waals surface area contributed by atoms with Gasteiger partial charge in [0.1, 0.15) is 0 Å². The molecule has 2 rings (SSSR count). The fourth-order valence-electron chi connectivity index (χ4n) is 1.02. The van der Waals surface area contributed by atoms with E-state index in [1.54, 1.807) is 6.33 Å². The first-order valence-corrected chi connectivity index (χ1v) is 5.15. The molecule has 0 saturated carbocycles. The molecule has 0 aromatic carbocycles. The predicted octanol–water partition coefficient (Wildman–Crippen LogP) is -2.72. The summed E-state index contributed by atoms with van der Waals surface area (Å²) in [6.07, 6.45) is 3.46. The molecule has 0 spiro atoms. The second-order valence-electron chi connectivity index (χ2n) is 2.26. The fourth-order valence-corrected chi connectivity index (χ4v) is 3.14. The van der Waals surface area contributed by atoms with Gasteiger partial charge in [-0.05, 0) is 0 Å². The molecular weight excluding hydrogens is 255 g/mol. The van der Waals surface area contributed by atoms with Crippen molar-refractivity contribution in [2.24, 2.45) is 0 Å². The van der Waals surface area contributed by atoms with Gasteiger partial charge in [-0.25, -0.2) is 0 Å². The summed E-state index contributed by atoms with van der Waals surface area (Å²) in [6, 6.07) is 0.